The first kappa shape index (κ1) is 10.9. The third kappa shape index (κ3) is 2.41. The van der Waals surface area contributed by atoms with Gasteiger partial charge in [-0.15, -0.1) is 0 Å². The van der Waals surface area contributed by atoms with Crippen LogP contribution in [0.4, 0.5) is 0 Å². The van der Waals surface area contributed by atoms with E-state index in [0.717, 1.165) is 6.42 Å². The van der Waals surface area contributed by atoms with Crippen LogP contribution in [0.3, 0.4) is 0 Å². The van der Waals surface area contributed by atoms with Crippen LogP contribution in [0.15, 0.2) is 6.33 Å². The van der Waals surface area contributed by atoms with Crippen LogP contribution in [0, 0.1) is 4.77 Å². The average molecular weight is 214 g/mol. The monoisotopic (exact) mass is 214 g/mol. The molecule has 78 valence electrons. The lowest BCUT2D eigenvalue weighted by molar-refractivity contribution is -0.123. The molecule has 0 aromatic carbocycles. The Kier molecular flexibility index (Phi) is 3.82. The number of carbonyl (C=O) groups is 1. The Morgan fingerprint density at radius 2 is 2.57 bits per heavy atom. The molecule has 1 heterocycles. The van der Waals surface area contributed by atoms with E-state index in [9.17, 15) is 4.79 Å². The van der Waals surface area contributed by atoms with Gasteiger partial charge in [0.2, 0.25) is 5.91 Å². The molecule has 0 saturated carbocycles. The van der Waals surface area contributed by atoms with E-state index < -0.39 is 0 Å². The highest BCUT2D eigenvalue weighted by Gasteiger charge is 2.14. The van der Waals surface area contributed by atoms with Crippen molar-refractivity contribution in [2.24, 2.45) is 0 Å². The van der Waals surface area contributed by atoms with Crippen molar-refractivity contribution in [1.29, 1.82) is 0 Å². The molecule has 5 nitrogen and oxygen atoms in total. The van der Waals surface area contributed by atoms with E-state index in [1.54, 1.807) is 11.5 Å². The highest BCUT2D eigenvalue weighted by Crippen LogP contribution is 2.04. The molecule has 0 fully saturated rings. The average Bonchev–Trinajstić information content (AvgIpc) is 2.59. The molecule has 0 bridgehead atoms. The summed E-state index contributed by atoms with van der Waals surface area (Å²) in [6.45, 7) is 4.49. The predicted molar refractivity (Wildman–Crippen MR) is 55.4 cm³/mol. The zero-order chi connectivity index (χ0) is 10.6. The molecule has 1 amide bonds. The molecular formula is C8H14N4OS. The highest BCUT2D eigenvalue weighted by molar-refractivity contribution is 7.71. The third-order valence-corrected chi connectivity index (χ3v) is 2.22. The second-order valence-electron chi connectivity index (χ2n) is 3.04. The number of aromatic nitrogens is 3. The van der Waals surface area contributed by atoms with E-state index in [1.165, 1.54) is 6.33 Å². The smallest absolute Gasteiger partial charge is 0.242 e. The zero-order valence-corrected chi connectivity index (χ0v) is 9.10. The minimum absolute atomic E-state index is 0.0376. The number of hydrogen-bond acceptors (Lipinski definition) is 3. The van der Waals surface area contributed by atoms with Crippen molar-refractivity contribution in [2.45, 2.75) is 26.3 Å². The third-order valence-electron chi connectivity index (χ3n) is 1.92. The summed E-state index contributed by atoms with van der Waals surface area (Å²) in [5.74, 6) is -0.0376. The van der Waals surface area contributed by atoms with Gasteiger partial charge in [0.1, 0.15) is 12.4 Å². The van der Waals surface area contributed by atoms with Crippen molar-refractivity contribution >= 4 is 18.1 Å². The molecule has 0 spiro atoms. The molecule has 6 heteroatoms. The van der Waals surface area contributed by atoms with E-state index >= 15 is 0 Å². The summed E-state index contributed by atoms with van der Waals surface area (Å²) >= 11 is 4.96. The molecule has 1 atom stereocenters. The Morgan fingerprint density at radius 3 is 3.07 bits per heavy atom. The predicted octanol–water partition coefficient (Wildman–Crippen LogP) is 1.03. The van der Waals surface area contributed by atoms with Crippen molar-refractivity contribution in [3.05, 3.63) is 11.1 Å². The summed E-state index contributed by atoms with van der Waals surface area (Å²) in [5.41, 5.74) is 0. The number of H-pyrrole nitrogens is 1. The fourth-order valence-electron chi connectivity index (χ4n) is 1.05. The molecule has 0 radical (unpaired) electrons. The molecule has 14 heavy (non-hydrogen) atoms. The van der Waals surface area contributed by atoms with Crippen LogP contribution in [0.25, 0.3) is 0 Å². The van der Waals surface area contributed by atoms with E-state index in [-0.39, 0.29) is 11.9 Å². The Hall–Kier alpha value is -1.17. The molecule has 2 N–H and O–H groups in total. The Bertz CT molecular complexity index is 356. The lowest BCUT2D eigenvalue weighted by Gasteiger charge is -2.11. The van der Waals surface area contributed by atoms with Crippen molar-refractivity contribution in [3.8, 4) is 0 Å². The van der Waals surface area contributed by atoms with Gasteiger partial charge in [-0.3, -0.25) is 14.5 Å². The van der Waals surface area contributed by atoms with Crippen LogP contribution in [-0.4, -0.2) is 27.2 Å². The zero-order valence-electron chi connectivity index (χ0n) is 8.28. The molecule has 1 aromatic rings. The first-order valence-corrected chi connectivity index (χ1v) is 4.96. The standard InChI is InChI=1S/C8H14N4OS/c1-3-4-9-7(13)6(2)12-5-10-11-8(12)14/h5-6H,3-4H2,1-2H3,(H,9,13)(H,11,14). The van der Waals surface area contributed by atoms with Gasteiger partial charge in [-0.1, -0.05) is 6.92 Å². The highest BCUT2D eigenvalue weighted by atomic mass is 32.1. The van der Waals surface area contributed by atoms with Crippen molar-refractivity contribution < 1.29 is 4.79 Å². The topological polar surface area (TPSA) is 62.7 Å². The number of rotatable bonds is 4. The van der Waals surface area contributed by atoms with E-state index in [4.69, 9.17) is 12.2 Å². The van der Waals surface area contributed by atoms with Gasteiger partial charge < -0.3 is 5.32 Å². The lowest BCUT2D eigenvalue weighted by Crippen LogP contribution is -2.31. The van der Waals surface area contributed by atoms with Crippen molar-refractivity contribution in [1.82, 2.24) is 20.1 Å². The minimum Gasteiger partial charge on any atom is -0.354 e. The van der Waals surface area contributed by atoms with Crippen molar-refractivity contribution in [3.63, 3.8) is 0 Å². The van der Waals surface area contributed by atoms with Gasteiger partial charge in [-0.25, -0.2) is 0 Å². The molecule has 1 rings (SSSR count). The van der Waals surface area contributed by atoms with E-state index in [2.05, 4.69) is 15.5 Å². The Balaban J connectivity index is 2.66. The summed E-state index contributed by atoms with van der Waals surface area (Å²) in [6.07, 6.45) is 2.45. The minimum atomic E-state index is -0.312. The maximum Gasteiger partial charge on any atom is 0.242 e. The second-order valence-corrected chi connectivity index (χ2v) is 3.42. The number of carbonyl (C=O) groups excluding carboxylic acids is 1. The number of nitrogens with zero attached hydrogens (tertiary/aromatic N) is 2. The van der Waals surface area contributed by atoms with Crippen LogP contribution in [0.5, 0.6) is 0 Å². The number of nitrogens with one attached hydrogen (secondary N) is 2. The maximum atomic E-state index is 11.5. The molecular weight excluding hydrogens is 200 g/mol. The molecule has 0 aliphatic rings. The van der Waals surface area contributed by atoms with Gasteiger partial charge >= 0.3 is 0 Å². The summed E-state index contributed by atoms with van der Waals surface area (Å²) in [6, 6.07) is -0.312. The van der Waals surface area contributed by atoms with Crippen LogP contribution in [0.2, 0.25) is 0 Å². The summed E-state index contributed by atoms with van der Waals surface area (Å²) in [7, 11) is 0. The van der Waals surface area contributed by atoms with Crippen LogP contribution < -0.4 is 5.32 Å². The van der Waals surface area contributed by atoms with Crippen LogP contribution >= 0.6 is 12.2 Å². The normalized spacial score (nSPS) is 12.4. The van der Waals surface area contributed by atoms with Gasteiger partial charge in [0, 0.05) is 6.54 Å². The number of hydrogen-bond donors (Lipinski definition) is 2. The number of amides is 1. The molecule has 0 saturated heterocycles. The van der Waals surface area contributed by atoms with Crippen LogP contribution in [-0.2, 0) is 4.79 Å². The first-order valence-electron chi connectivity index (χ1n) is 4.56. The molecule has 1 aromatic heterocycles. The Labute approximate surface area is 87.5 Å². The van der Waals surface area contributed by atoms with Gasteiger partial charge in [0.15, 0.2) is 4.77 Å². The first-order chi connectivity index (χ1) is 6.66. The van der Waals surface area contributed by atoms with Crippen molar-refractivity contribution in [2.75, 3.05) is 6.54 Å². The van der Waals surface area contributed by atoms with Gasteiger partial charge in [-0.05, 0) is 25.6 Å². The summed E-state index contributed by atoms with van der Waals surface area (Å²) in [5, 5.41) is 9.17. The van der Waals surface area contributed by atoms with Gasteiger partial charge in [-0.2, -0.15) is 5.10 Å². The largest absolute Gasteiger partial charge is 0.354 e. The van der Waals surface area contributed by atoms with Gasteiger partial charge in [0.25, 0.3) is 0 Å². The van der Waals surface area contributed by atoms with Crippen LogP contribution in [0.1, 0.15) is 26.3 Å². The summed E-state index contributed by atoms with van der Waals surface area (Å²) < 4.78 is 2.09. The lowest BCUT2D eigenvalue weighted by atomic mass is 10.3. The fraction of sp³-hybridized carbons (Fsp3) is 0.625. The van der Waals surface area contributed by atoms with Gasteiger partial charge in [0.05, 0.1) is 0 Å². The molecule has 0 aliphatic carbocycles. The second kappa shape index (κ2) is 4.90. The fourth-order valence-corrected chi connectivity index (χ4v) is 1.31. The SMILES string of the molecule is CCCNC(=O)C(C)n1cn[nH]c1=S. The number of aromatic amines is 1. The molecule has 1 unspecified atom stereocenters. The molecule has 0 aliphatic heterocycles. The maximum absolute atomic E-state index is 11.5. The van der Waals surface area contributed by atoms with E-state index in [0.29, 0.717) is 11.3 Å². The Morgan fingerprint density at radius 1 is 1.86 bits per heavy atom. The summed E-state index contributed by atoms with van der Waals surface area (Å²) in [4.78, 5) is 11.5. The quantitative estimate of drug-likeness (QED) is 0.736. The van der Waals surface area contributed by atoms with E-state index in [1.807, 2.05) is 6.92 Å².